The number of aliphatic hydroxyl groups excluding tert-OH is 1. The maximum atomic E-state index is 8.49. The summed E-state index contributed by atoms with van der Waals surface area (Å²) in [6, 6.07) is -0.211. The van der Waals surface area contributed by atoms with Crippen LogP contribution in [0.3, 0.4) is 0 Å². The van der Waals surface area contributed by atoms with E-state index in [1.54, 1.807) is 0 Å². The minimum absolute atomic E-state index is 0.00608. The van der Waals surface area contributed by atoms with E-state index in [2.05, 4.69) is 6.92 Å². The van der Waals surface area contributed by atoms with E-state index in [1.807, 2.05) is 0 Å². The van der Waals surface area contributed by atoms with E-state index < -0.39 is 0 Å². The lowest BCUT2D eigenvalue weighted by molar-refractivity contribution is 0.0990. The number of aliphatic hydroxyl groups is 1. The summed E-state index contributed by atoms with van der Waals surface area (Å²) >= 11 is 0. The first-order valence-electron chi connectivity index (χ1n) is 3.75. The van der Waals surface area contributed by atoms with Gasteiger partial charge in [-0.05, 0) is 6.42 Å². The van der Waals surface area contributed by atoms with Crippen LogP contribution in [0, 0.1) is 0 Å². The quantitative estimate of drug-likeness (QED) is 0.525. The lowest BCUT2D eigenvalue weighted by Crippen LogP contribution is -2.30. The second-order valence-electron chi connectivity index (χ2n) is 2.37. The standard InChI is InChI=1S/C7H17NO2/c1-2-3-4-10-6-7(8)5-9/h7,9H,2-6,8H2,1H3/t7-/m0/s1. The van der Waals surface area contributed by atoms with Gasteiger partial charge in [-0.15, -0.1) is 0 Å². The molecule has 3 N–H and O–H groups in total. The van der Waals surface area contributed by atoms with Crippen LogP contribution in [0.1, 0.15) is 19.8 Å². The monoisotopic (exact) mass is 147 g/mol. The average Bonchev–Trinajstić information content (AvgIpc) is 1.98. The molecule has 3 nitrogen and oxygen atoms in total. The Labute approximate surface area is 62.2 Å². The summed E-state index contributed by atoms with van der Waals surface area (Å²) in [6.07, 6.45) is 2.20. The van der Waals surface area contributed by atoms with E-state index >= 15 is 0 Å². The van der Waals surface area contributed by atoms with Crippen molar-refractivity contribution in [3.05, 3.63) is 0 Å². The molecule has 0 fully saturated rings. The Morgan fingerprint density at radius 1 is 1.60 bits per heavy atom. The number of ether oxygens (including phenoxy) is 1. The summed E-state index contributed by atoms with van der Waals surface area (Å²) in [5, 5.41) is 8.49. The van der Waals surface area contributed by atoms with Crippen LogP contribution in [0.15, 0.2) is 0 Å². The second-order valence-corrected chi connectivity index (χ2v) is 2.37. The molecule has 0 unspecified atom stereocenters. The van der Waals surface area contributed by atoms with Crippen molar-refractivity contribution in [3.63, 3.8) is 0 Å². The molecule has 0 aromatic heterocycles. The predicted octanol–water partition coefficient (Wildman–Crippen LogP) is 0.123. The SMILES string of the molecule is CCCCOC[C@@H](N)CO. The van der Waals surface area contributed by atoms with Crippen LogP contribution in [-0.2, 0) is 4.74 Å². The Balaban J connectivity index is 2.89. The molecular formula is C7H17NO2. The van der Waals surface area contributed by atoms with E-state index in [-0.39, 0.29) is 12.6 Å². The van der Waals surface area contributed by atoms with Gasteiger partial charge in [0.05, 0.1) is 19.3 Å². The average molecular weight is 147 g/mol. The van der Waals surface area contributed by atoms with Gasteiger partial charge < -0.3 is 15.6 Å². The molecule has 0 aromatic carbocycles. The minimum atomic E-state index is -0.211. The molecule has 0 aromatic rings. The molecule has 0 bridgehead atoms. The lowest BCUT2D eigenvalue weighted by Gasteiger charge is -2.07. The summed E-state index contributed by atoms with van der Waals surface area (Å²) in [4.78, 5) is 0. The third-order valence-corrected chi connectivity index (χ3v) is 1.21. The van der Waals surface area contributed by atoms with Crippen molar-refractivity contribution in [2.45, 2.75) is 25.8 Å². The van der Waals surface area contributed by atoms with Gasteiger partial charge in [0, 0.05) is 6.61 Å². The van der Waals surface area contributed by atoms with Crippen LogP contribution >= 0.6 is 0 Å². The van der Waals surface area contributed by atoms with Crippen molar-refractivity contribution in [1.82, 2.24) is 0 Å². The summed E-state index contributed by atoms with van der Waals surface area (Å²) in [6.45, 7) is 3.34. The highest BCUT2D eigenvalue weighted by Crippen LogP contribution is 1.88. The van der Waals surface area contributed by atoms with Crippen LogP contribution in [-0.4, -0.2) is 31.0 Å². The lowest BCUT2D eigenvalue weighted by atomic mass is 10.3. The number of hydrogen-bond donors (Lipinski definition) is 2. The van der Waals surface area contributed by atoms with Crippen molar-refractivity contribution in [1.29, 1.82) is 0 Å². The molecule has 0 aliphatic rings. The van der Waals surface area contributed by atoms with E-state index in [1.165, 1.54) is 0 Å². The smallest absolute Gasteiger partial charge is 0.0639 e. The molecule has 62 valence electrons. The maximum Gasteiger partial charge on any atom is 0.0639 e. The first-order chi connectivity index (χ1) is 4.81. The Hall–Kier alpha value is -0.120. The molecule has 0 amide bonds. The number of hydrogen-bond acceptors (Lipinski definition) is 3. The molecule has 0 rings (SSSR count). The first kappa shape index (κ1) is 9.88. The van der Waals surface area contributed by atoms with Crippen LogP contribution in [0.5, 0.6) is 0 Å². The molecule has 3 heteroatoms. The predicted molar refractivity (Wildman–Crippen MR) is 40.8 cm³/mol. The fraction of sp³-hybridized carbons (Fsp3) is 1.00. The van der Waals surface area contributed by atoms with Gasteiger partial charge in [0.25, 0.3) is 0 Å². The van der Waals surface area contributed by atoms with Crippen molar-refractivity contribution in [2.24, 2.45) is 5.73 Å². The zero-order valence-electron chi connectivity index (χ0n) is 6.55. The van der Waals surface area contributed by atoms with Crippen molar-refractivity contribution < 1.29 is 9.84 Å². The highest BCUT2D eigenvalue weighted by molar-refractivity contribution is 4.55. The fourth-order valence-corrected chi connectivity index (χ4v) is 0.534. The summed E-state index contributed by atoms with van der Waals surface area (Å²) < 4.78 is 5.14. The number of rotatable bonds is 6. The molecule has 0 radical (unpaired) electrons. The van der Waals surface area contributed by atoms with Crippen molar-refractivity contribution >= 4 is 0 Å². The topological polar surface area (TPSA) is 55.5 Å². The van der Waals surface area contributed by atoms with Gasteiger partial charge in [-0.1, -0.05) is 13.3 Å². The molecule has 0 heterocycles. The van der Waals surface area contributed by atoms with Gasteiger partial charge in [0.2, 0.25) is 0 Å². The second kappa shape index (κ2) is 6.99. The molecule has 0 aliphatic carbocycles. The van der Waals surface area contributed by atoms with Crippen molar-refractivity contribution in [2.75, 3.05) is 19.8 Å². The van der Waals surface area contributed by atoms with Gasteiger partial charge in [0.15, 0.2) is 0 Å². The van der Waals surface area contributed by atoms with Gasteiger partial charge in [0.1, 0.15) is 0 Å². The van der Waals surface area contributed by atoms with Crippen molar-refractivity contribution in [3.8, 4) is 0 Å². The van der Waals surface area contributed by atoms with Crippen LogP contribution in [0.4, 0.5) is 0 Å². The van der Waals surface area contributed by atoms with Gasteiger partial charge in [-0.25, -0.2) is 0 Å². The molecular weight excluding hydrogens is 130 g/mol. The molecule has 0 saturated heterocycles. The van der Waals surface area contributed by atoms with E-state index in [9.17, 15) is 0 Å². The Kier molecular flexibility index (Phi) is 6.91. The Bertz CT molecular complexity index is 68.6. The molecule has 0 spiro atoms. The van der Waals surface area contributed by atoms with E-state index in [0.29, 0.717) is 6.61 Å². The Morgan fingerprint density at radius 3 is 2.80 bits per heavy atom. The van der Waals surface area contributed by atoms with E-state index in [0.717, 1.165) is 19.4 Å². The van der Waals surface area contributed by atoms with Gasteiger partial charge >= 0.3 is 0 Å². The minimum Gasteiger partial charge on any atom is -0.395 e. The van der Waals surface area contributed by atoms with Crippen LogP contribution in [0.2, 0.25) is 0 Å². The normalized spacial score (nSPS) is 13.5. The van der Waals surface area contributed by atoms with Gasteiger partial charge in [-0.2, -0.15) is 0 Å². The summed E-state index contributed by atoms with van der Waals surface area (Å²) in [5.41, 5.74) is 5.38. The molecule has 1 atom stereocenters. The largest absolute Gasteiger partial charge is 0.395 e. The Morgan fingerprint density at radius 2 is 2.30 bits per heavy atom. The fourth-order valence-electron chi connectivity index (χ4n) is 0.534. The third kappa shape index (κ3) is 6.01. The molecule has 0 saturated carbocycles. The van der Waals surface area contributed by atoms with E-state index in [4.69, 9.17) is 15.6 Å². The molecule has 0 aliphatic heterocycles. The highest BCUT2D eigenvalue weighted by atomic mass is 16.5. The third-order valence-electron chi connectivity index (χ3n) is 1.21. The first-order valence-corrected chi connectivity index (χ1v) is 3.75. The van der Waals surface area contributed by atoms with Gasteiger partial charge in [-0.3, -0.25) is 0 Å². The molecule has 10 heavy (non-hydrogen) atoms. The zero-order valence-corrected chi connectivity index (χ0v) is 6.55. The van der Waals surface area contributed by atoms with Crippen LogP contribution < -0.4 is 5.73 Å². The maximum absolute atomic E-state index is 8.49. The number of nitrogens with two attached hydrogens (primary N) is 1. The summed E-state index contributed by atoms with van der Waals surface area (Å²) in [5.74, 6) is 0. The zero-order chi connectivity index (χ0) is 7.82. The highest BCUT2D eigenvalue weighted by Gasteiger charge is 1.97. The summed E-state index contributed by atoms with van der Waals surface area (Å²) in [7, 11) is 0. The number of unbranched alkanes of at least 4 members (excludes halogenated alkanes) is 1. The van der Waals surface area contributed by atoms with Crippen LogP contribution in [0.25, 0.3) is 0 Å².